The van der Waals surface area contributed by atoms with Crippen LogP contribution in [-0.2, 0) is 5.67 Å². The number of alkyl halides is 1. The van der Waals surface area contributed by atoms with Gasteiger partial charge in [0.1, 0.15) is 0 Å². The van der Waals surface area contributed by atoms with E-state index < -0.39 is 5.67 Å². The van der Waals surface area contributed by atoms with Crippen LogP contribution in [0.2, 0.25) is 0 Å². The summed E-state index contributed by atoms with van der Waals surface area (Å²) in [4.78, 5) is 4.23. The van der Waals surface area contributed by atoms with Crippen molar-refractivity contribution in [3.63, 3.8) is 0 Å². The van der Waals surface area contributed by atoms with Gasteiger partial charge >= 0.3 is 0 Å². The summed E-state index contributed by atoms with van der Waals surface area (Å²) in [6, 6.07) is 3.57. The lowest BCUT2D eigenvalue weighted by molar-refractivity contribution is 0.192. The topological polar surface area (TPSA) is 12.9 Å². The van der Waals surface area contributed by atoms with Crippen molar-refractivity contribution >= 4 is 5.57 Å². The number of fused-ring (bicyclic) bond motifs is 1. The molecule has 1 atom stereocenters. The molecule has 1 unspecified atom stereocenters. The van der Waals surface area contributed by atoms with Crippen LogP contribution in [0.15, 0.2) is 37.1 Å². The van der Waals surface area contributed by atoms with E-state index in [9.17, 15) is 4.39 Å². The third-order valence-electron chi connectivity index (χ3n) is 3.33. The Bertz CT molecular complexity index is 450. The molecule has 0 N–H and O–H groups in total. The smallest absolute Gasteiger partial charge is 0.159 e. The second kappa shape index (κ2) is 3.85. The maximum atomic E-state index is 15.0. The molecule has 0 amide bonds. The Morgan fingerprint density at radius 1 is 1.62 bits per heavy atom. The van der Waals surface area contributed by atoms with E-state index in [2.05, 4.69) is 18.1 Å². The van der Waals surface area contributed by atoms with Crippen molar-refractivity contribution in [2.75, 3.05) is 0 Å². The molecule has 0 bridgehead atoms. The summed E-state index contributed by atoms with van der Waals surface area (Å²) in [6.07, 6.45) is 3.43. The summed E-state index contributed by atoms with van der Waals surface area (Å²) in [5.41, 5.74) is 1.49. The average Bonchev–Trinajstić information content (AvgIpc) is 2.33. The summed E-state index contributed by atoms with van der Waals surface area (Å²) in [6.45, 7) is 9.74. The number of hydrogen-bond acceptors (Lipinski definition) is 1. The minimum atomic E-state index is -1.42. The highest BCUT2D eigenvalue weighted by Gasteiger charge is 2.40. The van der Waals surface area contributed by atoms with Gasteiger partial charge in [0, 0.05) is 11.8 Å². The van der Waals surface area contributed by atoms with E-state index >= 15 is 0 Å². The molecule has 2 heteroatoms. The molecule has 0 spiro atoms. The van der Waals surface area contributed by atoms with Gasteiger partial charge in [-0.05, 0) is 36.5 Å². The highest BCUT2D eigenvalue weighted by molar-refractivity contribution is 5.67. The summed E-state index contributed by atoms with van der Waals surface area (Å²) in [5.74, 6) is 0. The van der Waals surface area contributed by atoms with Crippen LogP contribution in [0.4, 0.5) is 4.39 Å². The molecule has 84 valence electrons. The fourth-order valence-corrected chi connectivity index (χ4v) is 2.23. The summed E-state index contributed by atoms with van der Waals surface area (Å²) >= 11 is 0. The van der Waals surface area contributed by atoms with Crippen LogP contribution in [0.5, 0.6) is 0 Å². The molecule has 2 rings (SSSR count). The van der Waals surface area contributed by atoms with Crippen molar-refractivity contribution in [1.29, 1.82) is 0 Å². The second-order valence-corrected chi connectivity index (χ2v) is 4.26. The summed E-state index contributed by atoms with van der Waals surface area (Å²) in [5, 5.41) is 0. The number of rotatable bonds is 2. The molecule has 0 saturated heterocycles. The molecule has 1 nitrogen and oxygen atoms in total. The fourth-order valence-electron chi connectivity index (χ4n) is 2.23. The summed E-state index contributed by atoms with van der Waals surface area (Å²) < 4.78 is 15.0. The fraction of sp³-hybridized carbons (Fsp3) is 0.357. The van der Waals surface area contributed by atoms with Crippen LogP contribution in [-0.4, -0.2) is 4.98 Å². The van der Waals surface area contributed by atoms with Gasteiger partial charge in [0.2, 0.25) is 0 Å². The zero-order valence-electron chi connectivity index (χ0n) is 9.59. The molecule has 0 aromatic carbocycles. The van der Waals surface area contributed by atoms with Gasteiger partial charge in [-0.25, -0.2) is 4.39 Å². The second-order valence-electron chi connectivity index (χ2n) is 4.26. The average molecular weight is 217 g/mol. The zero-order chi connectivity index (χ0) is 11.8. The first-order chi connectivity index (χ1) is 7.59. The van der Waals surface area contributed by atoms with Crippen LogP contribution in [0.25, 0.3) is 5.57 Å². The van der Waals surface area contributed by atoms with Crippen LogP contribution >= 0.6 is 0 Å². The highest BCUT2D eigenvalue weighted by atomic mass is 19.1. The van der Waals surface area contributed by atoms with E-state index in [1.165, 1.54) is 0 Å². The first-order valence-electron chi connectivity index (χ1n) is 5.60. The highest BCUT2D eigenvalue weighted by Crippen LogP contribution is 2.46. The van der Waals surface area contributed by atoms with Crippen molar-refractivity contribution < 1.29 is 4.39 Å². The third kappa shape index (κ3) is 1.49. The van der Waals surface area contributed by atoms with Gasteiger partial charge in [0.05, 0.1) is 5.69 Å². The van der Waals surface area contributed by atoms with Crippen molar-refractivity contribution in [3.8, 4) is 0 Å². The molecule has 0 saturated carbocycles. The first-order valence-corrected chi connectivity index (χ1v) is 5.60. The number of aromatic nitrogens is 1. The van der Waals surface area contributed by atoms with E-state index in [1.807, 2.05) is 6.92 Å². The lowest BCUT2D eigenvalue weighted by atomic mass is 9.76. The van der Waals surface area contributed by atoms with Gasteiger partial charge in [-0.1, -0.05) is 26.1 Å². The van der Waals surface area contributed by atoms with Gasteiger partial charge in [0.25, 0.3) is 0 Å². The maximum Gasteiger partial charge on any atom is 0.159 e. The Balaban J connectivity index is 2.57. The van der Waals surface area contributed by atoms with E-state index in [0.29, 0.717) is 36.1 Å². The molecular weight excluding hydrogens is 201 g/mol. The predicted molar refractivity (Wildman–Crippen MR) is 64.7 cm³/mol. The largest absolute Gasteiger partial charge is 0.256 e. The van der Waals surface area contributed by atoms with Crippen LogP contribution in [0.3, 0.4) is 0 Å². The molecule has 16 heavy (non-hydrogen) atoms. The van der Waals surface area contributed by atoms with Crippen molar-refractivity contribution in [2.24, 2.45) is 0 Å². The Hall–Kier alpha value is -1.44. The normalized spacial score (nSPS) is 24.0. The standard InChI is InChI=1S/C14H16FN/c1-4-11(3)14(15)8-7-10(2)13-12(14)6-5-9-16-13/h5-6,9H,2-4,7-8H2,1H3. The molecule has 0 fully saturated rings. The van der Waals surface area contributed by atoms with Gasteiger partial charge in [-0.2, -0.15) is 0 Å². The van der Waals surface area contributed by atoms with Crippen molar-refractivity contribution in [1.82, 2.24) is 4.98 Å². The Morgan fingerprint density at radius 3 is 3.06 bits per heavy atom. The first kappa shape index (κ1) is 11.1. The molecule has 1 aliphatic carbocycles. The lowest BCUT2D eigenvalue weighted by Gasteiger charge is -2.33. The number of nitrogens with zero attached hydrogens (tertiary/aromatic N) is 1. The Morgan fingerprint density at radius 2 is 2.38 bits per heavy atom. The van der Waals surface area contributed by atoms with Crippen molar-refractivity contribution in [2.45, 2.75) is 31.9 Å². The molecule has 1 aromatic heterocycles. The molecular formula is C14H16FN. The zero-order valence-corrected chi connectivity index (χ0v) is 9.59. The van der Waals surface area contributed by atoms with Crippen LogP contribution in [0.1, 0.15) is 37.4 Å². The van der Waals surface area contributed by atoms with Crippen LogP contribution < -0.4 is 0 Å². The van der Waals surface area contributed by atoms with Gasteiger partial charge < -0.3 is 0 Å². The Labute approximate surface area is 95.7 Å². The molecule has 0 radical (unpaired) electrons. The minimum Gasteiger partial charge on any atom is -0.256 e. The SMILES string of the molecule is C=C1CCC(F)(C(=C)CC)c2cccnc21. The monoisotopic (exact) mass is 217 g/mol. The van der Waals surface area contributed by atoms with E-state index in [-0.39, 0.29) is 0 Å². The van der Waals surface area contributed by atoms with Gasteiger partial charge in [0.15, 0.2) is 5.67 Å². The van der Waals surface area contributed by atoms with Gasteiger partial charge in [-0.3, -0.25) is 4.98 Å². The Kier molecular flexibility index (Phi) is 2.66. The number of allylic oxidation sites excluding steroid dienone is 2. The molecule has 1 heterocycles. The maximum absolute atomic E-state index is 15.0. The predicted octanol–water partition coefficient (Wildman–Crippen LogP) is 4.02. The third-order valence-corrected chi connectivity index (χ3v) is 3.33. The minimum absolute atomic E-state index is 0.442. The molecule has 1 aliphatic rings. The van der Waals surface area contributed by atoms with Crippen LogP contribution in [0, 0.1) is 0 Å². The quantitative estimate of drug-likeness (QED) is 0.682. The molecule has 1 aromatic rings. The van der Waals surface area contributed by atoms with Gasteiger partial charge in [-0.15, -0.1) is 0 Å². The van der Waals surface area contributed by atoms with E-state index in [1.54, 1.807) is 18.3 Å². The van der Waals surface area contributed by atoms with E-state index in [4.69, 9.17) is 0 Å². The summed E-state index contributed by atoms with van der Waals surface area (Å²) in [7, 11) is 0. The number of halogens is 1. The van der Waals surface area contributed by atoms with Crippen molar-refractivity contribution in [3.05, 3.63) is 48.3 Å². The molecule has 0 aliphatic heterocycles. The number of hydrogen-bond donors (Lipinski definition) is 0. The number of pyridine rings is 1. The van der Waals surface area contributed by atoms with E-state index in [0.717, 1.165) is 5.57 Å². The lowest BCUT2D eigenvalue weighted by Crippen LogP contribution is -2.27.